The molecule has 0 aliphatic heterocycles. The number of nitrogens with zero attached hydrogens (tertiary/aromatic N) is 2. The maximum absolute atomic E-state index is 13.1. The minimum Gasteiger partial charge on any atom is -0.507 e. The average Bonchev–Trinajstić information content (AvgIpc) is 3.17. The molecule has 0 radical (unpaired) electrons. The molecule has 27 heavy (non-hydrogen) atoms. The monoisotopic (exact) mass is 367 g/mol. The summed E-state index contributed by atoms with van der Waals surface area (Å²) in [6.45, 7) is 3.96. The SMILES string of the molecule is CCc1c(O)c(C(=O)Nc2ccccn2)c(=O)n(Cc2ccco2)c1CC. The van der Waals surface area contributed by atoms with E-state index in [1.54, 1.807) is 30.3 Å². The molecule has 0 unspecified atom stereocenters. The van der Waals surface area contributed by atoms with Crippen LogP contribution in [0, 0.1) is 0 Å². The Balaban J connectivity index is 2.12. The van der Waals surface area contributed by atoms with Crippen LogP contribution >= 0.6 is 0 Å². The first-order chi connectivity index (χ1) is 13.1. The van der Waals surface area contributed by atoms with Crippen LogP contribution in [0.15, 0.2) is 52.0 Å². The van der Waals surface area contributed by atoms with Crippen LogP contribution in [0.25, 0.3) is 0 Å². The second-order valence-corrected chi connectivity index (χ2v) is 6.00. The Morgan fingerprint density at radius 3 is 2.63 bits per heavy atom. The minimum absolute atomic E-state index is 0.187. The molecule has 3 aromatic heterocycles. The first-order valence-electron chi connectivity index (χ1n) is 8.79. The summed E-state index contributed by atoms with van der Waals surface area (Å²) < 4.78 is 6.85. The Hall–Kier alpha value is -3.35. The van der Waals surface area contributed by atoms with Gasteiger partial charge in [0.25, 0.3) is 11.5 Å². The molecular weight excluding hydrogens is 346 g/mol. The van der Waals surface area contributed by atoms with Crippen LogP contribution in [-0.4, -0.2) is 20.6 Å². The molecular formula is C20H21N3O4. The zero-order chi connectivity index (χ0) is 19.4. The number of rotatable bonds is 6. The van der Waals surface area contributed by atoms with Crippen LogP contribution in [0.1, 0.15) is 41.2 Å². The number of furan rings is 1. The standard InChI is InChI=1S/C20H21N3O4/c1-3-14-15(4-2)23(12-13-8-7-11-27-13)20(26)17(18(14)24)19(25)22-16-9-5-6-10-21-16/h5-11,24H,3-4,12H2,1-2H3,(H,21,22,25). The van der Waals surface area contributed by atoms with Crippen LogP contribution in [0.5, 0.6) is 5.75 Å². The number of aromatic hydroxyl groups is 1. The van der Waals surface area contributed by atoms with Crippen LogP contribution in [0.3, 0.4) is 0 Å². The minimum atomic E-state index is -0.693. The van der Waals surface area contributed by atoms with Crippen molar-refractivity contribution in [2.45, 2.75) is 33.2 Å². The summed E-state index contributed by atoms with van der Waals surface area (Å²) in [4.78, 5) is 29.8. The van der Waals surface area contributed by atoms with E-state index in [1.165, 1.54) is 17.0 Å². The van der Waals surface area contributed by atoms with Gasteiger partial charge in [0.15, 0.2) is 0 Å². The second-order valence-electron chi connectivity index (χ2n) is 6.00. The highest BCUT2D eigenvalue weighted by Gasteiger charge is 2.25. The molecule has 140 valence electrons. The molecule has 0 spiro atoms. The van der Waals surface area contributed by atoms with E-state index in [9.17, 15) is 14.7 Å². The van der Waals surface area contributed by atoms with E-state index in [0.29, 0.717) is 35.7 Å². The molecule has 0 aliphatic rings. The summed E-state index contributed by atoms with van der Waals surface area (Å²) in [6.07, 6.45) is 4.08. The summed E-state index contributed by atoms with van der Waals surface area (Å²) in [5, 5.41) is 13.2. The molecule has 0 aliphatic carbocycles. The lowest BCUT2D eigenvalue weighted by atomic mass is 10.0. The predicted octanol–water partition coefficient (Wildman–Crippen LogP) is 2.97. The largest absolute Gasteiger partial charge is 0.507 e. The third-order valence-corrected chi connectivity index (χ3v) is 4.37. The van der Waals surface area contributed by atoms with Crippen molar-refractivity contribution in [2.75, 3.05) is 5.32 Å². The molecule has 7 nitrogen and oxygen atoms in total. The smallest absolute Gasteiger partial charge is 0.267 e. The number of amides is 1. The predicted molar refractivity (Wildman–Crippen MR) is 101 cm³/mol. The van der Waals surface area contributed by atoms with Gasteiger partial charge in [0.2, 0.25) is 0 Å². The van der Waals surface area contributed by atoms with E-state index in [1.807, 2.05) is 13.8 Å². The zero-order valence-corrected chi connectivity index (χ0v) is 15.2. The molecule has 0 saturated heterocycles. The summed E-state index contributed by atoms with van der Waals surface area (Å²) in [7, 11) is 0. The molecule has 0 saturated carbocycles. The lowest BCUT2D eigenvalue weighted by Gasteiger charge is -2.18. The highest BCUT2D eigenvalue weighted by Crippen LogP contribution is 2.26. The first-order valence-corrected chi connectivity index (χ1v) is 8.79. The number of anilines is 1. The van der Waals surface area contributed by atoms with E-state index in [2.05, 4.69) is 10.3 Å². The Labute approximate surface area is 156 Å². The fraction of sp³-hybridized carbons (Fsp3) is 0.250. The molecule has 0 bridgehead atoms. The number of carbonyl (C=O) groups is 1. The molecule has 3 heterocycles. The number of aromatic nitrogens is 2. The van der Waals surface area contributed by atoms with Crippen molar-refractivity contribution < 1.29 is 14.3 Å². The molecule has 0 atom stereocenters. The highest BCUT2D eigenvalue weighted by atomic mass is 16.3. The lowest BCUT2D eigenvalue weighted by Crippen LogP contribution is -2.33. The fourth-order valence-corrected chi connectivity index (χ4v) is 3.13. The van der Waals surface area contributed by atoms with E-state index in [-0.39, 0.29) is 17.9 Å². The molecule has 0 fully saturated rings. The van der Waals surface area contributed by atoms with Gasteiger partial charge >= 0.3 is 0 Å². The summed E-state index contributed by atoms with van der Waals surface area (Å²) in [5.41, 5.74) is 0.410. The van der Waals surface area contributed by atoms with Crippen molar-refractivity contribution in [2.24, 2.45) is 0 Å². The number of hydrogen-bond donors (Lipinski definition) is 2. The Bertz CT molecular complexity index is 992. The van der Waals surface area contributed by atoms with Gasteiger partial charge in [0.1, 0.15) is 22.9 Å². The van der Waals surface area contributed by atoms with Crippen molar-refractivity contribution >= 4 is 11.7 Å². The van der Waals surface area contributed by atoms with E-state index in [4.69, 9.17) is 4.42 Å². The zero-order valence-electron chi connectivity index (χ0n) is 15.2. The van der Waals surface area contributed by atoms with Gasteiger partial charge < -0.3 is 19.4 Å². The fourth-order valence-electron chi connectivity index (χ4n) is 3.13. The summed E-state index contributed by atoms with van der Waals surface area (Å²) in [6, 6.07) is 8.54. The van der Waals surface area contributed by atoms with Gasteiger partial charge in [0.05, 0.1) is 12.8 Å². The second kappa shape index (κ2) is 7.90. The Kier molecular flexibility index (Phi) is 5.40. The molecule has 3 rings (SSSR count). The molecule has 2 N–H and O–H groups in total. The van der Waals surface area contributed by atoms with E-state index >= 15 is 0 Å². The van der Waals surface area contributed by atoms with Gasteiger partial charge in [-0.2, -0.15) is 0 Å². The van der Waals surface area contributed by atoms with Gasteiger partial charge in [-0.25, -0.2) is 4.98 Å². The van der Waals surface area contributed by atoms with Crippen molar-refractivity contribution in [1.82, 2.24) is 9.55 Å². The number of nitrogens with one attached hydrogen (secondary N) is 1. The van der Waals surface area contributed by atoms with Crippen molar-refractivity contribution in [3.63, 3.8) is 0 Å². The molecule has 3 aromatic rings. The van der Waals surface area contributed by atoms with Crippen LogP contribution in [0.2, 0.25) is 0 Å². The summed E-state index contributed by atoms with van der Waals surface area (Å²) in [5.74, 6) is -0.0719. The summed E-state index contributed by atoms with van der Waals surface area (Å²) >= 11 is 0. The van der Waals surface area contributed by atoms with E-state index < -0.39 is 11.5 Å². The molecule has 1 amide bonds. The number of hydrogen-bond acceptors (Lipinski definition) is 5. The quantitative estimate of drug-likeness (QED) is 0.698. The van der Waals surface area contributed by atoms with Crippen molar-refractivity contribution in [3.05, 3.63) is 75.7 Å². The van der Waals surface area contributed by atoms with Crippen LogP contribution in [-0.2, 0) is 19.4 Å². The van der Waals surface area contributed by atoms with Gasteiger partial charge in [-0.05, 0) is 37.1 Å². The number of pyridine rings is 2. The lowest BCUT2D eigenvalue weighted by molar-refractivity contribution is 0.102. The normalized spacial score (nSPS) is 10.7. The van der Waals surface area contributed by atoms with Crippen molar-refractivity contribution in [3.8, 4) is 5.75 Å². The highest BCUT2D eigenvalue weighted by molar-refractivity contribution is 6.05. The van der Waals surface area contributed by atoms with Gasteiger partial charge in [-0.15, -0.1) is 0 Å². The maximum atomic E-state index is 13.1. The topological polar surface area (TPSA) is 97.4 Å². The molecule has 7 heteroatoms. The Morgan fingerprint density at radius 2 is 2.04 bits per heavy atom. The average molecular weight is 367 g/mol. The van der Waals surface area contributed by atoms with Gasteiger partial charge in [0, 0.05) is 17.5 Å². The third kappa shape index (κ3) is 3.62. The van der Waals surface area contributed by atoms with Gasteiger partial charge in [-0.1, -0.05) is 19.9 Å². The maximum Gasteiger partial charge on any atom is 0.267 e. The first kappa shape index (κ1) is 18.4. The van der Waals surface area contributed by atoms with Gasteiger partial charge in [-0.3, -0.25) is 9.59 Å². The van der Waals surface area contributed by atoms with Crippen molar-refractivity contribution in [1.29, 1.82) is 0 Å². The van der Waals surface area contributed by atoms with E-state index in [0.717, 1.165) is 0 Å². The van der Waals surface area contributed by atoms with Crippen LogP contribution in [0.4, 0.5) is 5.82 Å². The third-order valence-electron chi connectivity index (χ3n) is 4.37. The Morgan fingerprint density at radius 1 is 1.22 bits per heavy atom. The number of carbonyl (C=O) groups excluding carboxylic acids is 1. The van der Waals surface area contributed by atoms with Crippen LogP contribution < -0.4 is 10.9 Å². The molecule has 0 aromatic carbocycles.